The van der Waals surface area contributed by atoms with Crippen LogP contribution in [0.5, 0.6) is 0 Å². The van der Waals surface area contributed by atoms with Gasteiger partial charge in [0.15, 0.2) is 0 Å². The van der Waals surface area contributed by atoms with Crippen molar-refractivity contribution in [3.8, 4) is 0 Å². The Morgan fingerprint density at radius 2 is 2.11 bits per heavy atom. The van der Waals surface area contributed by atoms with Crippen LogP contribution in [0.15, 0.2) is 36.5 Å². The van der Waals surface area contributed by atoms with E-state index in [1.807, 2.05) is 30.3 Å². The van der Waals surface area contributed by atoms with Gasteiger partial charge < -0.3 is 9.72 Å². The number of H-pyrrole nitrogens is 1. The minimum absolute atomic E-state index is 0.0431. The first-order valence-corrected chi connectivity index (χ1v) is 5.69. The number of rotatable bonds is 3. The number of ketones is 1. The van der Waals surface area contributed by atoms with Crippen molar-refractivity contribution in [2.75, 3.05) is 13.7 Å². The summed E-state index contributed by atoms with van der Waals surface area (Å²) in [5.74, 6) is -0.116. The zero-order valence-corrected chi connectivity index (χ0v) is 9.93. The molecule has 0 saturated carbocycles. The van der Waals surface area contributed by atoms with Gasteiger partial charge in [0, 0.05) is 29.6 Å². The number of methoxy groups -OCH3 is 1. The number of nitrogens with one attached hydrogen (secondary N) is 1. The first-order valence-electron chi connectivity index (χ1n) is 5.69. The molecule has 3 aromatic rings. The lowest BCUT2D eigenvalue weighted by atomic mass is 10.1. The Balaban J connectivity index is 2.31. The third-order valence-electron chi connectivity index (χ3n) is 2.97. The number of benzene rings is 1. The van der Waals surface area contributed by atoms with Crippen LogP contribution in [-0.4, -0.2) is 29.5 Å². The van der Waals surface area contributed by atoms with E-state index in [-0.39, 0.29) is 12.4 Å². The number of ether oxygens (including phenoxy) is 1. The highest BCUT2D eigenvalue weighted by Crippen LogP contribution is 2.26. The van der Waals surface area contributed by atoms with Crippen LogP contribution < -0.4 is 0 Å². The SMILES string of the molecule is COCC(=O)c1nccc2c1[nH]c1ccccc12. The Kier molecular flexibility index (Phi) is 2.57. The summed E-state index contributed by atoms with van der Waals surface area (Å²) in [6.45, 7) is 0.0431. The Morgan fingerprint density at radius 3 is 2.94 bits per heavy atom. The molecule has 4 nitrogen and oxygen atoms in total. The minimum atomic E-state index is -0.116. The summed E-state index contributed by atoms with van der Waals surface area (Å²) >= 11 is 0. The standard InChI is InChI=1S/C14H12N2O2/c1-18-8-12(17)14-13-10(6-7-15-14)9-4-2-3-5-11(9)16-13/h2-7,16H,8H2,1H3. The molecule has 18 heavy (non-hydrogen) atoms. The van der Waals surface area contributed by atoms with Crippen molar-refractivity contribution in [2.45, 2.75) is 0 Å². The van der Waals surface area contributed by atoms with Crippen LogP contribution in [-0.2, 0) is 4.74 Å². The van der Waals surface area contributed by atoms with Crippen molar-refractivity contribution in [1.29, 1.82) is 0 Å². The zero-order chi connectivity index (χ0) is 12.5. The van der Waals surface area contributed by atoms with E-state index in [2.05, 4.69) is 9.97 Å². The molecule has 0 spiro atoms. The third kappa shape index (κ3) is 1.58. The van der Waals surface area contributed by atoms with Crippen molar-refractivity contribution >= 4 is 27.6 Å². The summed E-state index contributed by atoms with van der Waals surface area (Å²) in [6, 6.07) is 9.87. The molecule has 1 N–H and O–H groups in total. The number of pyridine rings is 1. The molecule has 1 aromatic carbocycles. The fourth-order valence-electron chi connectivity index (χ4n) is 2.19. The normalized spacial score (nSPS) is 11.2. The Morgan fingerprint density at radius 1 is 1.28 bits per heavy atom. The van der Waals surface area contributed by atoms with Gasteiger partial charge in [-0.2, -0.15) is 0 Å². The fraction of sp³-hybridized carbons (Fsp3) is 0.143. The first-order chi connectivity index (χ1) is 8.81. The summed E-state index contributed by atoms with van der Waals surface area (Å²) in [7, 11) is 1.50. The van der Waals surface area contributed by atoms with Gasteiger partial charge in [-0.25, -0.2) is 0 Å². The van der Waals surface area contributed by atoms with E-state index in [1.54, 1.807) is 6.20 Å². The molecule has 0 unspecified atom stereocenters. The number of Topliss-reactive ketones (excluding diaryl/α,β-unsaturated/α-hetero) is 1. The molecule has 0 amide bonds. The van der Waals surface area contributed by atoms with E-state index < -0.39 is 0 Å². The number of hydrogen-bond donors (Lipinski definition) is 1. The number of carbonyl (C=O) groups excluding carboxylic acids is 1. The molecule has 0 aliphatic heterocycles. The van der Waals surface area contributed by atoms with Crippen LogP contribution in [0.4, 0.5) is 0 Å². The maximum Gasteiger partial charge on any atom is 0.208 e. The van der Waals surface area contributed by atoms with E-state index in [1.165, 1.54) is 7.11 Å². The molecule has 3 rings (SSSR count). The van der Waals surface area contributed by atoms with Crippen LogP contribution in [0.3, 0.4) is 0 Å². The van der Waals surface area contributed by atoms with E-state index in [9.17, 15) is 4.79 Å². The molecule has 90 valence electrons. The smallest absolute Gasteiger partial charge is 0.208 e. The van der Waals surface area contributed by atoms with E-state index in [0.717, 1.165) is 21.8 Å². The van der Waals surface area contributed by atoms with Crippen molar-refractivity contribution in [3.63, 3.8) is 0 Å². The predicted octanol–water partition coefficient (Wildman–Crippen LogP) is 2.55. The van der Waals surface area contributed by atoms with E-state index in [4.69, 9.17) is 4.74 Å². The maximum atomic E-state index is 11.9. The second-order valence-corrected chi connectivity index (χ2v) is 4.11. The molecule has 0 aliphatic carbocycles. The highest BCUT2D eigenvalue weighted by Gasteiger charge is 2.14. The quantitative estimate of drug-likeness (QED) is 0.716. The minimum Gasteiger partial charge on any atom is -0.376 e. The van der Waals surface area contributed by atoms with E-state index >= 15 is 0 Å². The van der Waals surface area contributed by atoms with Gasteiger partial charge >= 0.3 is 0 Å². The number of para-hydroxylation sites is 1. The predicted molar refractivity (Wildman–Crippen MR) is 69.8 cm³/mol. The Labute approximate surface area is 104 Å². The molecule has 2 aromatic heterocycles. The van der Waals surface area contributed by atoms with Gasteiger partial charge in [-0.1, -0.05) is 18.2 Å². The monoisotopic (exact) mass is 240 g/mol. The van der Waals surface area contributed by atoms with Crippen LogP contribution >= 0.6 is 0 Å². The molecule has 0 atom stereocenters. The molecule has 0 radical (unpaired) electrons. The van der Waals surface area contributed by atoms with Crippen LogP contribution in [0, 0.1) is 0 Å². The van der Waals surface area contributed by atoms with Gasteiger partial charge in [-0.05, 0) is 12.1 Å². The second kappa shape index (κ2) is 4.23. The lowest BCUT2D eigenvalue weighted by Gasteiger charge is -2.00. The van der Waals surface area contributed by atoms with Gasteiger partial charge in [0.2, 0.25) is 5.78 Å². The Hall–Kier alpha value is -2.20. The number of aromatic nitrogens is 2. The zero-order valence-electron chi connectivity index (χ0n) is 9.93. The van der Waals surface area contributed by atoms with Crippen molar-refractivity contribution in [1.82, 2.24) is 9.97 Å². The molecule has 0 aliphatic rings. The first kappa shape index (κ1) is 10.9. The van der Waals surface area contributed by atoms with Gasteiger partial charge in [0.05, 0.1) is 5.52 Å². The highest BCUT2D eigenvalue weighted by atomic mass is 16.5. The average molecular weight is 240 g/mol. The number of hydrogen-bond acceptors (Lipinski definition) is 3. The second-order valence-electron chi connectivity index (χ2n) is 4.11. The molecule has 0 saturated heterocycles. The number of fused-ring (bicyclic) bond motifs is 3. The van der Waals surface area contributed by atoms with Gasteiger partial charge in [0.1, 0.15) is 12.3 Å². The van der Waals surface area contributed by atoms with Crippen LogP contribution in [0.25, 0.3) is 21.8 Å². The summed E-state index contributed by atoms with van der Waals surface area (Å²) in [6.07, 6.45) is 1.66. The lowest BCUT2D eigenvalue weighted by molar-refractivity contribution is 0.0844. The number of nitrogens with zero attached hydrogens (tertiary/aromatic N) is 1. The number of aromatic amines is 1. The van der Waals surface area contributed by atoms with E-state index in [0.29, 0.717) is 5.69 Å². The molecule has 4 heteroatoms. The van der Waals surface area contributed by atoms with Crippen molar-refractivity contribution < 1.29 is 9.53 Å². The van der Waals surface area contributed by atoms with Gasteiger partial charge in [0.25, 0.3) is 0 Å². The largest absolute Gasteiger partial charge is 0.376 e. The molecular formula is C14H12N2O2. The third-order valence-corrected chi connectivity index (χ3v) is 2.97. The molecule has 2 heterocycles. The highest BCUT2D eigenvalue weighted by molar-refractivity contribution is 6.14. The summed E-state index contributed by atoms with van der Waals surface area (Å²) < 4.78 is 4.88. The van der Waals surface area contributed by atoms with Crippen molar-refractivity contribution in [2.24, 2.45) is 0 Å². The number of carbonyl (C=O) groups is 1. The van der Waals surface area contributed by atoms with Crippen molar-refractivity contribution in [3.05, 3.63) is 42.2 Å². The van der Waals surface area contributed by atoms with Gasteiger partial charge in [-0.15, -0.1) is 0 Å². The molecule has 0 fully saturated rings. The molecule has 0 bridgehead atoms. The fourth-order valence-corrected chi connectivity index (χ4v) is 2.19. The summed E-state index contributed by atoms with van der Waals surface area (Å²) in [5, 5.41) is 2.11. The van der Waals surface area contributed by atoms with Crippen LogP contribution in [0.1, 0.15) is 10.5 Å². The Bertz CT molecular complexity index is 731. The van der Waals surface area contributed by atoms with Gasteiger partial charge in [-0.3, -0.25) is 9.78 Å². The average Bonchev–Trinajstić information content (AvgIpc) is 2.77. The lowest BCUT2D eigenvalue weighted by Crippen LogP contribution is -2.09. The summed E-state index contributed by atoms with van der Waals surface area (Å²) in [5.41, 5.74) is 2.22. The van der Waals surface area contributed by atoms with Crippen LogP contribution in [0.2, 0.25) is 0 Å². The maximum absolute atomic E-state index is 11.9. The molecular weight excluding hydrogens is 228 g/mol. The summed E-state index contributed by atoms with van der Waals surface area (Å²) in [4.78, 5) is 19.3. The topological polar surface area (TPSA) is 55.0 Å².